The standard InChI is InChI=1S/C23H21F3N2O3/c1-31-18-5-2-14(3-6-18)15-4-7-20(23(24,25)26)19(10-15)16-8-9-28-21(11-16)17(13-27-28)12-22(29)30/h2,4,7-11,13,18H,3,5-6,12H2,1H3,(H,29,30). The Morgan fingerprint density at radius 2 is 2.06 bits per heavy atom. The molecule has 8 heteroatoms. The number of hydrogen-bond donors (Lipinski definition) is 1. The van der Waals surface area contributed by atoms with E-state index in [0.29, 0.717) is 16.6 Å². The number of pyridine rings is 1. The number of nitrogens with zero attached hydrogens (tertiary/aromatic N) is 2. The van der Waals surface area contributed by atoms with Crippen LogP contribution >= 0.6 is 0 Å². The van der Waals surface area contributed by atoms with Gasteiger partial charge in [-0.25, -0.2) is 4.52 Å². The Kier molecular flexibility index (Phi) is 5.58. The van der Waals surface area contributed by atoms with Crippen LogP contribution in [-0.4, -0.2) is 33.9 Å². The van der Waals surface area contributed by atoms with Crippen molar-refractivity contribution in [3.8, 4) is 11.1 Å². The molecule has 1 N–H and O–H groups in total. The molecule has 4 rings (SSSR count). The number of aromatic nitrogens is 2. The van der Waals surface area contributed by atoms with Gasteiger partial charge in [-0.15, -0.1) is 0 Å². The smallest absolute Gasteiger partial charge is 0.417 e. The summed E-state index contributed by atoms with van der Waals surface area (Å²) in [6, 6.07) is 7.33. The molecule has 0 spiro atoms. The molecule has 0 aliphatic heterocycles. The Labute approximate surface area is 176 Å². The summed E-state index contributed by atoms with van der Waals surface area (Å²) in [5, 5.41) is 13.2. The summed E-state index contributed by atoms with van der Waals surface area (Å²) in [5.74, 6) is -1.03. The second-order valence-electron chi connectivity index (χ2n) is 7.61. The van der Waals surface area contributed by atoms with Crippen molar-refractivity contribution in [3.63, 3.8) is 0 Å². The van der Waals surface area contributed by atoms with Gasteiger partial charge in [-0.05, 0) is 65.8 Å². The number of fused-ring (bicyclic) bond motifs is 1. The van der Waals surface area contributed by atoms with Crippen molar-refractivity contribution in [2.75, 3.05) is 7.11 Å². The van der Waals surface area contributed by atoms with E-state index in [1.807, 2.05) is 6.08 Å². The highest BCUT2D eigenvalue weighted by Crippen LogP contribution is 2.40. The summed E-state index contributed by atoms with van der Waals surface area (Å²) in [6.45, 7) is 0. The minimum absolute atomic E-state index is 0.0599. The van der Waals surface area contributed by atoms with E-state index < -0.39 is 17.7 Å². The molecule has 1 atom stereocenters. The van der Waals surface area contributed by atoms with Gasteiger partial charge in [0.25, 0.3) is 0 Å². The fourth-order valence-corrected chi connectivity index (χ4v) is 4.01. The SMILES string of the molecule is COC1CC=C(c2ccc(C(F)(F)F)c(-c3ccn4ncc(CC(=O)O)c4c3)c2)CC1. The van der Waals surface area contributed by atoms with Crippen LogP contribution in [0.4, 0.5) is 13.2 Å². The third kappa shape index (κ3) is 4.34. The van der Waals surface area contributed by atoms with E-state index in [2.05, 4.69) is 5.10 Å². The zero-order chi connectivity index (χ0) is 22.2. The van der Waals surface area contributed by atoms with Crippen LogP contribution in [0.15, 0.2) is 48.8 Å². The molecule has 0 bridgehead atoms. The predicted octanol–water partition coefficient (Wildman–Crippen LogP) is 5.23. The first kappa shape index (κ1) is 21.1. The maximum Gasteiger partial charge on any atom is 0.417 e. The average Bonchev–Trinajstić information content (AvgIpc) is 3.14. The van der Waals surface area contributed by atoms with Crippen LogP contribution in [0.1, 0.15) is 36.0 Å². The van der Waals surface area contributed by atoms with Crippen LogP contribution < -0.4 is 0 Å². The van der Waals surface area contributed by atoms with Crippen molar-refractivity contribution in [3.05, 3.63) is 65.5 Å². The van der Waals surface area contributed by atoms with Gasteiger partial charge in [0.05, 0.1) is 29.8 Å². The number of ether oxygens (including phenoxy) is 1. The molecule has 31 heavy (non-hydrogen) atoms. The van der Waals surface area contributed by atoms with Crippen molar-refractivity contribution in [1.29, 1.82) is 0 Å². The molecular formula is C23H21F3N2O3. The summed E-state index contributed by atoms with van der Waals surface area (Å²) in [4.78, 5) is 11.1. The quantitative estimate of drug-likeness (QED) is 0.602. The number of hydrogen-bond acceptors (Lipinski definition) is 3. The monoisotopic (exact) mass is 430 g/mol. The Hall–Kier alpha value is -3.13. The second kappa shape index (κ2) is 8.19. The number of allylic oxidation sites excluding steroid dienone is 1. The molecule has 0 saturated carbocycles. The Morgan fingerprint density at radius 3 is 2.71 bits per heavy atom. The van der Waals surface area contributed by atoms with Crippen molar-refractivity contribution in [2.24, 2.45) is 0 Å². The van der Waals surface area contributed by atoms with Crippen LogP contribution in [-0.2, 0) is 22.1 Å². The number of alkyl halides is 3. The molecule has 1 unspecified atom stereocenters. The Morgan fingerprint density at radius 1 is 1.26 bits per heavy atom. The van der Waals surface area contributed by atoms with Gasteiger partial charge in [-0.2, -0.15) is 18.3 Å². The van der Waals surface area contributed by atoms with E-state index in [-0.39, 0.29) is 18.1 Å². The lowest BCUT2D eigenvalue weighted by Crippen LogP contribution is -2.13. The number of benzene rings is 1. The highest BCUT2D eigenvalue weighted by molar-refractivity contribution is 5.80. The largest absolute Gasteiger partial charge is 0.481 e. The van der Waals surface area contributed by atoms with Crippen molar-refractivity contribution >= 4 is 17.1 Å². The first-order valence-corrected chi connectivity index (χ1v) is 9.88. The summed E-state index contributed by atoms with van der Waals surface area (Å²) in [5.41, 5.74) is 2.35. The summed E-state index contributed by atoms with van der Waals surface area (Å²) >= 11 is 0. The van der Waals surface area contributed by atoms with Crippen LogP contribution in [0, 0.1) is 0 Å². The third-order valence-corrected chi connectivity index (χ3v) is 5.65. The molecule has 0 amide bonds. The molecule has 2 aromatic heterocycles. The molecule has 2 heterocycles. The van der Waals surface area contributed by atoms with E-state index in [0.717, 1.165) is 36.5 Å². The first-order chi connectivity index (χ1) is 14.8. The van der Waals surface area contributed by atoms with Gasteiger partial charge in [0.1, 0.15) is 0 Å². The summed E-state index contributed by atoms with van der Waals surface area (Å²) in [6.07, 6.45) is 2.62. The molecule has 0 fully saturated rings. The minimum atomic E-state index is -4.52. The lowest BCUT2D eigenvalue weighted by Gasteiger charge is -2.22. The zero-order valence-corrected chi connectivity index (χ0v) is 16.8. The van der Waals surface area contributed by atoms with Crippen molar-refractivity contribution in [2.45, 2.75) is 38.0 Å². The average molecular weight is 430 g/mol. The lowest BCUT2D eigenvalue weighted by molar-refractivity contribution is -0.137. The van der Waals surface area contributed by atoms with Gasteiger partial charge in [-0.1, -0.05) is 12.1 Å². The summed E-state index contributed by atoms with van der Waals surface area (Å²) < 4.78 is 48.2. The molecular weight excluding hydrogens is 409 g/mol. The topological polar surface area (TPSA) is 63.8 Å². The maximum atomic E-state index is 13.8. The third-order valence-electron chi connectivity index (χ3n) is 5.65. The zero-order valence-electron chi connectivity index (χ0n) is 16.8. The summed E-state index contributed by atoms with van der Waals surface area (Å²) in [7, 11) is 1.66. The van der Waals surface area contributed by atoms with Gasteiger partial charge in [0.2, 0.25) is 0 Å². The number of carbonyl (C=O) groups is 1. The molecule has 3 aromatic rings. The molecule has 1 aliphatic carbocycles. The second-order valence-corrected chi connectivity index (χ2v) is 7.61. The molecule has 1 aromatic carbocycles. The number of methoxy groups -OCH3 is 1. The molecule has 162 valence electrons. The molecule has 0 saturated heterocycles. The van der Waals surface area contributed by atoms with Crippen LogP contribution in [0.3, 0.4) is 0 Å². The maximum absolute atomic E-state index is 13.8. The minimum Gasteiger partial charge on any atom is -0.481 e. The number of aliphatic carboxylic acids is 1. The Bertz CT molecular complexity index is 1160. The van der Waals surface area contributed by atoms with Crippen LogP contribution in [0.25, 0.3) is 22.2 Å². The van der Waals surface area contributed by atoms with Crippen molar-refractivity contribution in [1.82, 2.24) is 9.61 Å². The van der Waals surface area contributed by atoms with E-state index in [1.54, 1.807) is 31.5 Å². The normalized spacial score (nSPS) is 17.0. The number of rotatable bonds is 5. The molecule has 5 nitrogen and oxygen atoms in total. The number of carboxylic acid groups (broad SMARTS) is 1. The fraction of sp³-hybridized carbons (Fsp3) is 0.304. The van der Waals surface area contributed by atoms with Gasteiger partial charge in [0.15, 0.2) is 0 Å². The number of halogens is 3. The first-order valence-electron chi connectivity index (χ1n) is 9.88. The van der Waals surface area contributed by atoms with E-state index in [1.165, 1.54) is 16.8 Å². The van der Waals surface area contributed by atoms with E-state index in [4.69, 9.17) is 9.84 Å². The lowest BCUT2D eigenvalue weighted by atomic mass is 9.88. The number of carboxylic acids is 1. The van der Waals surface area contributed by atoms with Gasteiger partial charge < -0.3 is 9.84 Å². The van der Waals surface area contributed by atoms with Crippen LogP contribution in [0.2, 0.25) is 0 Å². The van der Waals surface area contributed by atoms with Gasteiger partial charge in [-0.3, -0.25) is 4.79 Å². The molecule has 0 radical (unpaired) electrons. The van der Waals surface area contributed by atoms with Crippen LogP contribution in [0.5, 0.6) is 0 Å². The van der Waals surface area contributed by atoms with E-state index >= 15 is 0 Å². The van der Waals surface area contributed by atoms with Gasteiger partial charge in [0, 0.05) is 18.9 Å². The molecule has 1 aliphatic rings. The van der Waals surface area contributed by atoms with Gasteiger partial charge >= 0.3 is 12.1 Å². The highest BCUT2D eigenvalue weighted by atomic mass is 19.4. The Balaban J connectivity index is 1.82. The highest BCUT2D eigenvalue weighted by Gasteiger charge is 2.34. The van der Waals surface area contributed by atoms with E-state index in [9.17, 15) is 18.0 Å². The van der Waals surface area contributed by atoms with Crippen molar-refractivity contribution < 1.29 is 27.8 Å². The fourth-order valence-electron chi connectivity index (χ4n) is 4.01. The predicted molar refractivity (Wildman–Crippen MR) is 110 cm³/mol.